The molecule has 1 unspecified atom stereocenters. The molecular formula is C13H15FN2O. The lowest BCUT2D eigenvalue weighted by atomic mass is 10.1. The average molecular weight is 234 g/mol. The maximum atomic E-state index is 12.8. The van der Waals surface area contributed by atoms with Crippen molar-refractivity contribution < 1.29 is 8.91 Å². The Bertz CT molecular complexity index is 478. The smallest absolute Gasteiger partial charge is 0.154 e. The van der Waals surface area contributed by atoms with Gasteiger partial charge in [0.25, 0.3) is 0 Å². The van der Waals surface area contributed by atoms with Gasteiger partial charge in [0, 0.05) is 11.6 Å². The number of aromatic nitrogens is 1. The highest BCUT2D eigenvalue weighted by Gasteiger charge is 2.12. The number of nitrogens with two attached hydrogens (primary N) is 1. The van der Waals surface area contributed by atoms with Crippen molar-refractivity contribution in [2.24, 2.45) is 5.73 Å². The van der Waals surface area contributed by atoms with E-state index >= 15 is 0 Å². The fraction of sp³-hybridized carbons (Fsp3) is 0.308. The highest BCUT2D eigenvalue weighted by molar-refractivity contribution is 5.58. The molecule has 0 radical (unpaired) electrons. The fourth-order valence-corrected chi connectivity index (χ4v) is 1.67. The van der Waals surface area contributed by atoms with Gasteiger partial charge in [-0.25, -0.2) is 4.39 Å². The van der Waals surface area contributed by atoms with Gasteiger partial charge in [0.1, 0.15) is 11.5 Å². The zero-order valence-electron chi connectivity index (χ0n) is 9.69. The van der Waals surface area contributed by atoms with E-state index in [2.05, 4.69) is 12.1 Å². The number of benzene rings is 1. The van der Waals surface area contributed by atoms with Gasteiger partial charge in [-0.3, -0.25) is 0 Å². The summed E-state index contributed by atoms with van der Waals surface area (Å²) in [5.41, 5.74) is 7.44. The molecule has 17 heavy (non-hydrogen) atoms. The van der Waals surface area contributed by atoms with Crippen LogP contribution in [0.4, 0.5) is 4.39 Å². The van der Waals surface area contributed by atoms with E-state index in [0.29, 0.717) is 11.5 Å². The highest BCUT2D eigenvalue weighted by Crippen LogP contribution is 2.23. The zero-order valence-corrected chi connectivity index (χ0v) is 9.69. The molecule has 2 N–H and O–H groups in total. The maximum Gasteiger partial charge on any atom is 0.154 e. The van der Waals surface area contributed by atoms with Crippen LogP contribution in [-0.2, 0) is 0 Å². The third-order valence-corrected chi connectivity index (χ3v) is 2.63. The summed E-state index contributed by atoms with van der Waals surface area (Å²) in [7, 11) is 0. The van der Waals surface area contributed by atoms with Gasteiger partial charge >= 0.3 is 0 Å². The van der Waals surface area contributed by atoms with Crippen LogP contribution in [0.1, 0.15) is 31.6 Å². The van der Waals surface area contributed by atoms with Crippen LogP contribution in [0.15, 0.2) is 34.9 Å². The number of halogens is 1. The Kier molecular flexibility index (Phi) is 3.54. The van der Waals surface area contributed by atoms with Gasteiger partial charge in [-0.2, -0.15) is 0 Å². The topological polar surface area (TPSA) is 52.0 Å². The molecule has 0 saturated heterocycles. The van der Waals surface area contributed by atoms with E-state index in [-0.39, 0.29) is 11.9 Å². The van der Waals surface area contributed by atoms with Crippen molar-refractivity contribution in [2.75, 3.05) is 0 Å². The number of hydrogen-bond donors (Lipinski definition) is 1. The summed E-state index contributed by atoms with van der Waals surface area (Å²) >= 11 is 0. The average Bonchev–Trinajstić information content (AvgIpc) is 2.80. The molecule has 0 aliphatic rings. The van der Waals surface area contributed by atoms with Crippen LogP contribution >= 0.6 is 0 Å². The Morgan fingerprint density at radius 1 is 1.35 bits per heavy atom. The number of nitrogens with zero attached hydrogens (tertiary/aromatic N) is 1. The quantitative estimate of drug-likeness (QED) is 0.883. The minimum Gasteiger partial charge on any atom is -0.359 e. The standard InChI is InChI=1S/C13H15FN2O/c1-2-3-11(15)13-8-12(16-17-13)9-4-6-10(14)7-5-9/h4-8,11H,2-3,15H2,1H3. The van der Waals surface area contributed by atoms with Crippen molar-refractivity contribution in [3.05, 3.63) is 41.9 Å². The van der Waals surface area contributed by atoms with Crippen LogP contribution in [0.25, 0.3) is 11.3 Å². The Hall–Kier alpha value is -1.68. The first-order valence-corrected chi connectivity index (χ1v) is 5.69. The molecule has 0 spiro atoms. The third-order valence-electron chi connectivity index (χ3n) is 2.63. The first-order valence-electron chi connectivity index (χ1n) is 5.69. The van der Waals surface area contributed by atoms with E-state index in [1.165, 1.54) is 12.1 Å². The molecule has 0 aliphatic heterocycles. The maximum absolute atomic E-state index is 12.8. The van der Waals surface area contributed by atoms with Crippen molar-refractivity contribution in [3.8, 4) is 11.3 Å². The first-order chi connectivity index (χ1) is 8.20. The van der Waals surface area contributed by atoms with E-state index in [1.807, 2.05) is 6.07 Å². The second kappa shape index (κ2) is 5.10. The highest BCUT2D eigenvalue weighted by atomic mass is 19.1. The van der Waals surface area contributed by atoms with E-state index in [0.717, 1.165) is 18.4 Å². The van der Waals surface area contributed by atoms with E-state index in [1.54, 1.807) is 12.1 Å². The van der Waals surface area contributed by atoms with Crippen molar-refractivity contribution >= 4 is 0 Å². The lowest BCUT2D eigenvalue weighted by Crippen LogP contribution is -2.08. The van der Waals surface area contributed by atoms with Gasteiger partial charge in [0.2, 0.25) is 0 Å². The van der Waals surface area contributed by atoms with Gasteiger partial charge in [0.05, 0.1) is 6.04 Å². The monoisotopic (exact) mass is 234 g/mol. The second-order valence-electron chi connectivity index (χ2n) is 4.02. The van der Waals surface area contributed by atoms with Crippen LogP contribution in [0.3, 0.4) is 0 Å². The van der Waals surface area contributed by atoms with Crippen LogP contribution in [-0.4, -0.2) is 5.16 Å². The number of rotatable bonds is 4. The minimum absolute atomic E-state index is 0.123. The van der Waals surface area contributed by atoms with Gasteiger partial charge in [-0.15, -0.1) is 0 Å². The summed E-state index contributed by atoms with van der Waals surface area (Å²) in [5.74, 6) is 0.409. The Morgan fingerprint density at radius 3 is 2.71 bits per heavy atom. The zero-order chi connectivity index (χ0) is 12.3. The second-order valence-corrected chi connectivity index (χ2v) is 4.02. The molecule has 90 valence electrons. The van der Waals surface area contributed by atoms with Gasteiger partial charge in [0.15, 0.2) is 5.76 Å². The number of hydrogen-bond acceptors (Lipinski definition) is 3. The minimum atomic E-state index is -0.264. The lowest BCUT2D eigenvalue weighted by molar-refractivity contribution is 0.356. The van der Waals surface area contributed by atoms with E-state index in [9.17, 15) is 4.39 Å². The van der Waals surface area contributed by atoms with Gasteiger partial charge in [-0.1, -0.05) is 18.5 Å². The molecule has 0 saturated carbocycles. The van der Waals surface area contributed by atoms with Crippen molar-refractivity contribution in [1.82, 2.24) is 5.16 Å². The normalized spacial score (nSPS) is 12.6. The Morgan fingerprint density at radius 2 is 2.06 bits per heavy atom. The molecule has 1 aromatic heterocycles. The first kappa shape index (κ1) is 11.8. The molecule has 4 heteroatoms. The molecule has 0 bridgehead atoms. The van der Waals surface area contributed by atoms with Gasteiger partial charge < -0.3 is 10.3 Å². The van der Waals surface area contributed by atoms with Crippen LogP contribution < -0.4 is 5.73 Å². The SMILES string of the molecule is CCCC(N)c1cc(-c2ccc(F)cc2)no1. The largest absolute Gasteiger partial charge is 0.359 e. The summed E-state index contributed by atoms with van der Waals surface area (Å²) in [5, 5.41) is 3.94. The molecule has 1 heterocycles. The molecule has 0 aliphatic carbocycles. The molecule has 1 atom stereocenters. The van der Waals surface area contributed by atoms with Crippen LogP contribution in [0.2, 0.25) is 0 Å². The van der Waals surface area contributed by atoms with Gasteiger partial charge in [-0.05, 0) is 30.7 Å². The van der Waals surface area contributed by atoms with Crippen LogP contribution in [0.5, 0.6) is 0 Å². The fourth-order valence-electron chi connectivity index (χ4n) is 1.67. The molecule has 3 nitrogen and oxygen atoms in total. The summed E-state index contributed by atoms with van der Waals surface area (Å²) in [6.45, 7) is 2.07. The predicted molar refractivity (Wildman–Crippen MR) is 63.7 cm³/mol. The van der Waals surface area contributed by atoms with Crippen molar-refractivity contribution in [2.45, 2.75) is 25.8 Å². The van der Waals surface area contributed by atoms with Crippen molar-refractivity contribution in [3.63, 3.8) is 0 Å². The lowest BCUT2D eigenvalue weighted by Gasteiger charge is -2.03. The molecule has 0 fully saturated rings. The Labute approximate surface area is 99.4 Å². The summed E-state index contributed by atoms with van der Waals surface area (Å²) in [6, 6.07) is 7.82. The van der Waals surface area contributed by atoms with E-state index < -0.39 is 0 Å². The molecule has 2 aromatic rings. The van der Waals surface area contributed by atoms with E-state index in [4.69, 9.17) is 10.3 Å². The molecular weight excluding hydrogens is 219 g/mol. The summed E-state index contributed by atoms with van der Waals surface area (Å²) < 4.78 is 18.0. The molecule has 2 rings (SSSR count). The molecule has 0 amide bonds. The summed E-state index contributed by atoms with van der Waals surface area (Å²) in [6.07, 6.45) is 1.85. The van der Waals surface area contributed by atoms with Crippen molar-refractivity contribution in [1.29, 1.82) is 0 Å². The van der Waals surface area contributed by atoms with Crippen LogP contribution in [0, 0.1) is 5.82 Å². The predicted octanol–water partition coefficient (Wildman–Crippen LogP) is 3.28. The summed E-state index contributed by atoms with van der Waals surface area (Å²) in [4.78, 5) is 0. The Balaban J connectivity index is 2.20. The molecule has 1 aromatic carbocycles. The third kappa shape index (κ3) is 2.71.